The molecule has 2 nitrogen and oxygen atoms in total. The fourth-order valence-electron chi connectivity index (χ4n) is 0.735. The van der Waals surface area contributed by atoms with Gasteiger partial charge in [0.15, 0.2) is 10.3 Å². The largest absolute Gasteiger partial charge is 0.292 e. The third-order valence-corrected chi connectivity index (χ3v) is 2.22. The van der Waals surface area contributed by atoms with Crippen LogP contribution in [0.3, 0.4) is 0 Å². The number of rotatable bonds is 3. The first-order valence-corrected chi connectivity index (χ1v) is 4.64. The fourth-order valence-corrected chi connectivity index (χ4v) is 1.50. The standard InChI is InChI=1S/C7H8ClNOS/c1-2-3-6(10)5-4-11-7(8)9-5/h4H,2-3H2,1H3. The lowest BCUT2D eigenvalue weighted by molar-refractivity contribution is 0.0977. The molecular formula is C7H8ClNOS. The van der Waals surface area contributed by atoms with Gasteiger partial charge >= 0.3 is 0 Å². The topological polar surface area (TPSA) is 30.0 Å². The lowest BCUT2D eigenvalue weighted by atomic mass is 10.2. The summed E-state index contributed by atoms with van der Waals surface area (Å²) in [7, 11) is 0. The van der Waals surface area contributed by atoms with Gasteiger partial charge in [0.25, 0.3) is 0 Å². The normalized spacial score (nSPS) is 10.0. The monoisotopic (exact) mass is 189 g/mol. The van der Waals surface area contributed by atoms with Gasteiger partial charge in [0.2, 0.25) is 0 Å². The number of halogens is 1. The predicted octanol–water partition coefficient (Wildman–Crippen LogP) is 2.78. The second-order valence-electron chi connectivity index (χ2n) is 2.16. The summed E-state index contributed by atoms with van der Waals surface area (Å²) in [5.41, 5.74) is 0.502. The van der Waals surface area contributed by atoms with Crippen LogP contribution in [-0.2, 0) is 0 Å². The van der Waals surface area contributed by atoms with Crippen molar-refractivity contribution in [3.63, 3.8) is 0 Å². The van der Waals surface area contributed by atoms with E-state index >= 15 is 0 Å². The summed E-state index contributed by atoms with van der Waals surface area (Å²) in [6, 6.07) is 0. The maximum absolute atomic E-state index is 11.1. The molecule has 0 bridgehead atoms. The first-order chi connectivity index (χ1) is 5.24. The van der Waals surface area contributed by atoms with E-state index in [-0.39, 0.29) is 5.78 Å². The Morgan fingerprint density at radius 1 is 1.82 bits per heavy atom. The number of carbonyl (C=O) groups excluding carboxylic acids is 1. The zero-order valence-electron chi connectivity index (χ0n) is 6.13. The minimum absolute atomic E-state index is 0.0793. The molecule has 60 valence electrons. The van der Waals surface area contributed by atoms with E-state index < -0.39 is 0 Å². The smallest absolute Gasteiger partial charge is 0.184 e. The van der Waals surface area contributed by atoms with E-state index in [1.807, 2.05) is 6.92 Å². The molecule has 0 saturated heterocycles. The summed E-state index contributed by atoms with van der Waals surface area (Å²) in [5.74, 6) is 0.0793. The van der Waals surface area contributed by atoms with Crippen LogP contribution in [0.2, 0.25) is 4.47 Å². The van der Waals surface area contributed by atoms with Crippen molar-refractivity contribution in [3.8, 4) is 0 Å². The van der Waals surface area contributed by atoms with Gasteiger partial charge in [-0.1, -0.05) is 18.5 Å². The molecule has 0 aliphatic rings. The molecule has 1 aromatic heterocycles. The third-order valence-electron chi connectivity index (χ3n) is 1.24. The van der Waals surface area contributed by atoms with E-state index in [1.165, 1.54) is 11.3 Å². The molecule has 0 saturated carbocycles. The molecule has 0 spiro atoms. The molecule has 0 radical (unpaired) electrons. The van der Waals surface area contributed by atoms with Crippen molar-refractivity contribution in [2.45, 2.75) is 19.8 Å². The van der Waals surface area contributed by atoms with Crippen molar-refractivity contribution in [3.05, 3.63) is 15.5 Å². The van der Waals surface area contributed by atoms with Crippen LogP contribution in [0.15, 0.2) is 5.38 Å². The summed E-state index contributed by atoms with van der Waals surface area (Å²) in [6.45, 7) is 1.96. The van der Waals surface area contributed by atoms with Gasteiger partial charge in [-0.05, 0) is 6.42 Å². The molecule has 0 fully saturated rings. The van der Waals surface area contributed by atoms with Gasteiger partial charge in [-0.3, -0.25) is 4.79 Å². The average Bonchev–Trinajstić information content (AvgIpc) is 2.36. The zero-order valence-corrected chi connectivity index (χ0v) is 7.71. The summed E-state index contributed by atoms with van der Waals surface area (Å²) in [4.78, 5) is 15.0. The van der Waals surface area contributed by atoms with Crippen LogP contribution in [0.5, 0.6) is 0 Å². The highest BCUT2D eigenvalue weighted by Gasteiger charge is 2.07. The number of nitrogens with zero attached hydrogens (tertiary/aromatic N) is 1. The van der Waals surface area contributed by atoms with Gasteiger partial charge in [0, 0.05) is 11.8 Å². The lowest BCUT2D eigenvalue weighted by Crippen LogP contribution is -1.97. The number of aromatic nitrogens is 1. The van der Waals surface area contributed by atoms with Crippen LogP contribution < -0.4 is 0 Å². The molecule has 0 unspecified atom stereocenters. The molecule has 1 rings (SSSR count). The van der Waals surface area contributed by atoms with E-state index in [1.54, 1.807) is 5.38 Å². The number of hydrogen-bond donors (Lipinski definition) is 0. The Kier molecular flexibility index (Phi) is 3.02. The molecule has 0 aliphatic heterocycles. The van der Waals surface area contributed by atoms with Gasteiger partial charge in [-0.15, -0.1) is 11.3 Å². The summed E-state index contributed by atoms with van der Waals surface area (Å²) in [6.07, 6.45) is 1.41. The van der Waals surface area contributed by atoms with E-state index in [4.69, 9.17) is 11.6 Å². The number of thiazole rings is 1. The molecule has 1 heterocycles. The first-order valence-electron chi connectivity index (χ1n) is 3.38. The van der Waals surface area contributed by atoms with Gasteiger partial charge in [0.1, 0.15) is 5.69 Å². The maximum atomic E-state index is 11.1. The quantitative estimate of drug-likeness (QED) is 0.685. The number of hydrogen-bond acceptors (Lipinski definition) is 3. The Labute approximate surface area is 74.2 Å². The van der Waals surface area contributed by atoms with Crippen molar-refractivity contribution in [2.24, 2.45) is 0 Å². The maximum Gasteiger partial charge on any atom is 0.184 e. The summed E-state index contributed by atoms with van der Waals surface area (Å²) >= 11 is 6.85. The van der Waals surface area contributed by atoms with Crippen molar-refractivity contribution in [1.29, 1.82) is 0 Å². The van der Waals surface area contributed by atoms with Crippen LogP contribution in [0.25, 0.3) is 0 Å². The highest BCUT2D eigenvalue weighted by molar-refractivity contribution is 7.14. The minimum atomic E-state index is 0.0793. The molecule has 0 N–H and O–H groups in total. The number of carbonyl (C=O) groups is 1. The van der Waals surface area contributed by atoms with Crippen LogP contribution >= 0.6 is 22.9 Å². The van der Waals surface area contributed by atoms with E-state index in [2.05, 4.69) is 4.98 Å². The van der Waals surface area contributed by atoms with Crippen molar-refractivity contribution in [2.75, 3.05) is 0 Å². The highest BCUT2D eigenvalue weighted by atomic mass is 35.5. The average molecular weight is 190 g/mol. The Balaban J connectivity index is 2.69. The number of Topliss-reactive ketones (excluding diaryl/α,β-unsaturated/α-hetero) is 1. The van der Waals surface area contributed by atoms with Crippen LogP contribution in [0.1, 0.15) is 30.3 Å². The molecule has 0 aromatic carbocycles. The molecular weight excluding hydrogens is 182 g/mol. The Bertz CT molecular complexity index is 259. The van der Waals surface area contributed by atoms with E-state index in [9.17, 15) is 4.79 Å². The van der Waals surface area contributed by atoms with E-state index in [0.717, 1.165) is 6.42 Å². The Hall–Kier alpha value is -0.410. The van der Waals surface area contributed by atoms with Gasteiger partial charge in [-0.2, -0.15) is 0 Å². The Morgan fingerprint density at radius 3 is 3.00 bits per heavy atom. The second-order valence-corrected chi connectivity index (χ2v) is 3.60. The third kappa shape index (κ3) is 2.27. The van der Waals surface area contributed by atoms with Crippen molar-refractivity contribution in [1.82, 2.24) is 4.98 Å². The van der Waals surface area contributed by atoms with Crippen LogP contribution in [-0.4, -0.2) is 10.8 Å². The lowest BCUT2D eigenvalue weighted by Gasteiger charge is -1.89. The summed E-state index contributed by atoms with van der Waals surface area (Å²) < 4.78 is 0.435. The predicted molar refractivity (Wildman–Crippen MR) is 46.4 cm³/mol. The zero-order chi connectivity index (χ0) is 8.27. The van der Waals surface area contributed by atoms with Gasteiger partial charge in [0.05, 0.1) is 0 Å². The van der Waals surface area contributed by atoms with Crippen molar-refractivity contribution < 1.29 is 4.79 Å². The molecule has 0 aliphatic carbocycles. The number of ketones is 1. The first kappa shape index (κ1) is 8.68. The fraction of sp³-hybridized carbons (Fsp3) is 0.429. The summed E-state index contributed by atoms with van der Waals surface area (Å²) in [5, 5.41) is 1.69. The molecule has 4 heteroatoms. The minimum Gasteiger partial charge on any atom is -0.292 e. The van der Waals surface area contributed by atoms with Gasteiger partial charge in [-0.25, -0.2) is 4.98 Å². The van der Waals surface area contributed by atoms with E-state index in [0.29, 0.717) is 16.6 Å². The second kappa shape index (κ2) is 3.83. The van der Waals surface area contributed by atoms with Crippen LogP contribution in [0, 0.1) is 0 Å². The highest BCUT2D eigenvalue weighted by Crippen LogP contribution is 2.16. The van der Waals surface area contributed by atoms with Crippen molar-refractivity contribution >= 4 is 28.7 Å². The molecule has 11 heavy (non-hydrogen) atoms. The molecule has 0 atom stereocenters. The molecule has 0 amide bonds. The Morgan fingerprint density at radius 2 is 2.55 bits per heavy atom. The van der Waals surface area contributed by atoms with Gasteiger partial charge < -0.3 is 0 Å². The SMILES string of the molecule is CCCC(=O)c1csc(Cl)n1. The van der Waals surface area contributed by atoms with Crippen LogP contribution in [0.4, 0.5) is 0 Å². The molecule has 1 aromatic rings.